The van der Waals surface area contributed by atoms with Gasteiger partial charge in [0.25, 0.3) is 0 Å². The number of aryl methyl sites for hydroxylation is 1. The molecule has 0 spiro atoms. The van der Waals surface area contributed by atoms with Gasteiger partial charge in [-0.1, -0.05) is 19.1 Å². The minimum absolute atomic E-state index is 0.156. The van der Waals surface area contributed by atoms with Crippen molar-refractivity contribution in [2.75, 3.05) is 31.1 Å². The van der Waals surface area contributed by atoms with E-state index in [1.54, 1.807) is 0 Å². The molecule has 0 atom stereocenters. The summed E-state index contributed by atoms with van der Waals surface area (Å²) < 4.78 is 0. The Balaban J connectivity index is 2.09. The number of nitrogens with zero attached hydrogens (tertiary/aromatic N) is 1. The topological polar surface area (TPSA) is 44.4 Å². The molecule has 104 valence electrons. The molecular weight excluding hydrogens is 238 g/mol. The van der Waals surface area contributed by atoms with Crippen LogP contribution < -0.4 is 15.5 Å². The normalized spacial score (nSPS) is 16.1. The maximum atomic E-state index is 11.4. The van der Waals surface area contributed by atoms with Crippen LogP contribution in [0.4, 0.5) is 5.69 Å². The molecule has 1 aromatic rings. The lowest BCUT2D eigenvalue weighted by Gasteiger charge is -2.24. The first-order valence-corrected chi connectivity index (χ1v) is 7.02. The number of amides is 1. The number of rotatable bonds is 4. The third kappa shape index (κ3) is 3.70. The van der Waals surface area contributed by atoms with Gasteiger partial charge in [0.1, 0.15) is 0 Å². The summed E-state index contributed by atoms with van der Waals surface area (Å²) in [6, 6.07) is 6.58. The lowest BCUT2D eigenvalue weighted by molar-refractivity contribution is -0.120. The third-order valence-electron chi connectivity index (χ3n) is 3.49. The number of nitrogens with one attached hydrogen (secondary N) is 2. The maximum Gasteiger partial charge on any atom is 0.221 e. The molecule has 1 aliphatic rings. The minimum atomic E-state index is 0.156. The lowest BCUT2D eigenvalue weighted by Crippen LogP contribution is -2.28. The van der Waals surface area contributed by atoms with Gasteiger partial charge in [-0.3, -0.25) is 4.79 Å². The van der Waals surface area contributed by atoms with Gasteiger partial charge in [0, 0.05) is 38.3 Å². The van der Waals surface area contributed by atoms with E-state index >= 15 is 0 Å². The molecule has 4 heteroatoms. The molecule has 19 heavy (non-hydrogen) atoms. The summed E-state index contributed by atoms with van der Waals surface area (Å²) in [5.74, 6) is 0.156. The number of benzene rings is 1. The van der Waals surface area contributed by atoms with Gasteiger partial charge in [0.15, 0.2) is 0 Å². The van der Waals surface area contributed by atoms with Crippen molar-refractivity contribution >= 4 is 11.6 Å². The van der Waals surface area contributed by atoms with Crippen molar-refractivity contribution in [3.8, 4) is 0 Å². The largest absolute Gasteiger partial charge is 0.369 e. The molecule has 0 radical (unpaired) electrons. The minimum Gasteiger partial charge on any atom is -0.369 e. The Labute approximate surface area is 115 Å². The zero-order chi connectivity index (χ0) is 13.7. The zero-order valence-corrected chi connectivity index (χ0v) is 11.8. The fourth-order valence-corrected chi connectivity index (χ4v) is 2.46. The standard InChI is InChI=1S/C15H23N3O/c1-3-16-11-13-4-5-14(12(2)10-13)18-8-6-15(19)17-7-9-18/h4-5,10,16H,3,6-9,11H2,1-2H3,(H,17,19). The Morgan fingerprint density at radius 3 is 2.95 bits per heavy atom. The van der Waals surface area contributed by atoms with E-state index in [1.165, 1.54) is 16.8 Å². The van der Waals surface area contributed by atoms with Crippen LogP contribution in [0.15, 0.2) is 18.2 Å². The van der Waals surface area contributed by atoms with Crippen LogP contribution >= 0.6 is 0 Å². The highest BCUT2D eigenvalue weighted by atomic mass is 16.1. The van der Waals surface area contributed by atoms with Crippen molar-refractivity contribution in [1.82, 2.24) is 10.6 Å². The molecule has 1 aliphatic heterocycles. The van der Waals surface area contributed by atoms with E-state index in [2.05, 4.69) is 47.6 Å². The van der Waals surface area contributed by atoms with Gasteiger partial charge >= 0.3 is 0 Å². The molecule has 1 aromatic carbocycles. The van der Waals surface area contributed by atoms with E-state index in [9.17, 15) is 4.79 Å². The second kappa shape index (κ2) is 6.57. The number of carbonyl (C=O) groups excluding carboxylic acids is 1. The van der Waals surface area contributed by atoms with Crippen LogP contribution in [-0.4, -0.2) is 32.1 Å². The van der Waals surface area contributed by atoms with Gasteiger partial charge in [-0.2, -0.15) is 0 Å². The first-order valence-electron chi connectivity index (χ1n) is 7.02. The van der Waals surface area contributed by atoms with Crippen molar-refractivity contribution in [2.24, 2.45) is 0 Å². The molecule has 4 nitrogen and oxygen atoms in total. The molecule has 2 rings (SSSR count). The average Bonchev–Trinajstić information content (AvgIpc) is 2.61. The van der Waals surface area contributed by atoms with Crippen molar-refractivity contribution in [1.29, 1.82) is 0 Å². The monoisotopic (exact) mass is 261 g/mol. The second-order valence-electron chi connectivity index (χ2n) is 4.99. The summed E-state index contributed by atoms with van der Waals surface area (Å²) in [5.41, 5.74) is 3.84. The van der Waals surface area contributed by atoms with Crippen molar-refractivity contribution in [3.63, 3.8) is 0 Å². The van der Waals surface area contributed by atoms with Gasteiger partial charge in [-0.05, 0) is 30.7 Å². The number of hydrogen-bond acceptors (Lipinski definition) is 3. The summed E-state index contributed by atoms with van der Waals surface area (Å²) in [4.78, 5) is 13.7. The van der Waals surface area contributed by atoms with Gasteiger partial charge in [-0.25, -0.2) is 0 Å². The Morgan fingerprint density at radius 1 is 1.37 bits per heavy atom. The molecule has 1 amide bonds. The number of anilines is 1. The highest BCUT2D eigenvalue weighted by molar-refractivity contribution is 5.77. The van der Waals surface area contributed by atoms with E-state index in [1.807, 2.05) is 0 Å². The molecular formula is C15H23N3O. The molecule has 0 aliphatic carbocycles. The molecule has 2 N–H and O–H groups in total. The number of hydrogen-bond donors (Lipinski definition) is 2. The Bertz CT molecular complexity index is 445. The highest BCUT2D eigenvalue weighted by Gasteiger charge is 2.15. The summed E-state index contributed by atoms with van der Waals surface area (Å²) >= 11 is 0. The van der Waals surface area contributed by atoms with Gasteiger partial charge in [0.2, 0.25) is 5.91 Å². The molecule has 0 saturated carbocycles. The SMILES string of the molecule is CCNCc1ccc(N2CCNC(=O)CC2)c(C)c1. The third-order valence-corrected chi connectivity index (χ3v) is 3.49. The molecule has 0 aromatic heterocycles. The smallest absolute Gasteiger partial charge is 0.221 e. The van der Waals surface area contributed by atoms with Gasteiger partial charge < -0.3 is 15.5 Å². The Hall–Kier alpha value is -1.55. The van der Waals surface area contributed by atoms with E-state index in [0.29, 0.717) is 6.42 Å². The maximum absolute atomic E-state index is 11.4. The van der Waals surface area contributed by atoms with E-state index < -0.39 is 0 Å². The Kier molecular flexibility index (Phi) is 4.80. The van der Waals surface area contributed by atoms with E-state index in [4.69, 9.17) is 0 Å². The van der Waals surface area contributed by atoms with Crippen LogP contribution in [0.5, 0.6) is 0 Å². The van der Waals surface area contributed by atoms with Crippen LogP contribution in [0.1, 0.15) is 24.5 Å². The molecule has 1 fully saturated rings. The second-order valence-corrected chi connectivity index (χ2v) is 4.99. The average molecular weight is 261 g/mol. The highest BCUT2D eigenvalue weighted by Crippen LogP contribution is 2.22. The fraction of sp³-hybridized carbons (Fsp3) is 0.533. The van der Waals surface area contributed by atoms with E-state index in [0.717, 1.165) is 32.7 Å². The summed E-state index contributed by atoms with van der Waals surface area (Å²) in [6.45, 7) is 8.58. The van der Waals surface area contributed by atoms with Crippen LogP contribution in [0.3, 0.4) is 0 Å². The summed E-state index contributed by atoms with van der Waals surface area (Å²) in [5, 5.41) is 6.25. The molecule has 0 unspecified atom stereocenters. The molecule has 1 heterocycles. The van der Waals surface area contributed by atoms with Crippen molar-refractivity contribution in [2.45, 2.75) is 26.8 Å². The lowest BCUT2D eigenvalue weighted by atomic mass is 10.1. The van der Waals surface area contributed by atoms with Crippen LogP contribution in [-0.2, 0) is 11.3 Å². The van der Waals surface area contributed by atoms with Crippen LogP contribution in [0.2, 0.25) is 0 Å². The molecule has 1 saturated heterocycles. The van der Waals surface area contributed by atoms with Crippen LogP contribution in [0, 0.1) is 6.92 Å². The van der Waals surface area contributed by atoms with Crippen molar-refractivity contribution < 1.29 is 4.79 Å². The van der Waals surface area contributed by atoms with Gasteiger partial charge in [0.05, 0.1) is 0 Å². The predicted octanol–water partition coefficient (Wildman–Crippen LogP) is 1.43. The summed E-state index contributed by atoms with van der Waals surface area (Å²) in [6.07, 6.45) is 0.582. The fourth-order valence-electron chi connectivity index (χ4n) is 2.46. The number of carbonyl (C=O) groups is 1. The first-order chi connectivity index (χ1) is 9.20. The predicted molar refractivity (Wildman–Crippen MR) is 78.4 cm³/mol. The first kappa shape index (κ1) is 13.9. The quantitative estimate of drug-likeness (QED) is 0.862. The van der Waals surface area contributed by atoms with Gasteiger partial charge in [-0.15, -0.1) is 0 Å². The summed E-state index contributed by atoms with van der Waals surface area (Å²) in [7, 11) is 0. The van der Waals surface area contributed by atoms with Crippen LogP contribution in [0.25, 0.3) is 0 Å². The van der Waals surface area contributed by atoms with E-state index in [-0.39, 0.29) is 5.91 Å². The molecule has 0 bridgehead atoms. The van der Waals surface area contributed by atoms with Crippen molar-refractivity contribution in [3.05, 3.63) is 29.3 Å². The Morgan fingerprint density at radius 2 is 2.21 bits per heavy atom. The zero-order valence-electron chi connectivity index (χ0n) is 11.8.